The zero-order valence-corrected chi connectivity index (χ0v) is 13.0. The monoisotopic (exact) mass is 312 g/mol. The third kappa shape index (κ3) is 2.80. The Bertz CT molecular complexity index is 898. The zero-order chi connectivity index (χ0) is 15.6. The van der Waals surface area contributed by atoms with Crippen molar-refractivity contribution in [3.63, 3.8) is 0 Å². The van der Waals surface area contributed by atoms with E-state index in [1.807, 2.05) is 31.2 Å². The molecule has 112 valence electrons. The number of hydrogen-bond donors (Lipinski definition) is 1. The molecule has 0 saturated carbocycles. The number of rotatable bonds is 4. The number of pyridine rings is 1. The maximum Gasteiger partial charge on any atom is 0.261 e. The van der Waals surface area contributed by atoms with E-state index in [1.54, 1.807) is 36.7 Å². The van der Waals surface area contributed by atoms with E-state index >= 15 is 0 Å². The number of aryl methyl sites for hydroxylation is 1. The molecule has 0 atom stereocenters. The molecule has 0 unspecified atom stereocenters. The van der Waals surface area contributed by atoms with Crippen LogP contribution in [0, 0.1) is 0 Å². The number of aromatic nitrogens is 1. The largest absolute Gasteiger partial charge is 0.279 e. The van der Waals surface area contributed by atoms with Gasteiger partial charge in [-0.15, -0.1) is 0 Å². The summed E-state index contributed by atoms with van der Waals surface area (Å²) in [6, 6.07) is 14.2. The molecule has 2 aromatic carbocycles. The van der Waals surface area contributed by atoms with Crippen LogP contribution in [0.5, 0.6) is 0 Å². The lowest BCUT2D eigenvalue weighted by atomic mass is 10.1. The highest BCUT2D eigenvalue weighted by molar-refractivity contribution is 7.92. The Kier molecular flexibility index (Phi) is 3.81. The fourth-order valence-corrected chi connectivity index (χ4v) is 3.40. The first kappa shape index (κ1) is 14.5. The Hall–Kier alpha value is -2.40. The molecule has 0 radical (unpaired) electrons. The van der Waals surface area contributed by atoms with Crippen LogP contribution in [0.1, 0.15) is 12.5 Å². The number of anilines is 1. The third-order valence-electron chi connectivity index (χ3n) is 3.57. The summed E-state index contributed by atoms with van der Waals surface area (Å²) >= 11 is 0. The van der Waals surface area contributed by atoms with Gasteiger partial charge in [-0.2, -0.15) is 0 Å². The van der Waals surface area contributed by atoms with Gasteiger partial charge in [-0.25, -0.2) is 8.42 Å². The lowest BCUT2D eigenvalue weighted by Gasteiger charge is -2.11. The highest BCUT2D eigenvalue weighted by atomic mass is 32.2. The quantitative estimate of drug-likeness (QED) is 0.801. The molecule has 0 saturated heterocycles. The van der Waals surface area contributed by atoms with Crippen LogP contribution in [-0.2, 0) is 16.4 Å². The Labute approximate surface area is 129 Å². The van der Waals surface area contributed by atoms with Gasteiger partial charge in [0.1, 0.15) is 0 Å². The summed E-state index contributed by atoms with van der Waals surface area (Å²) in [5.41, 5.74) is 1.66. The first-order valence-electron chi connectivity index (χ1n) is 7.04. The molecule has 3 aromatic rings. The van der Waals surface area contributed by atoms with E-state index < -0.39 is 10.0 Å². The van der Waals surface area contributed by atoms with Crippen molar-refractivity contribution in [2.24, 2.45) is 0 Å². The first-order valence-corrected chi connectivity index (χ1v) is 8.53. The summed E-state index contributed by atoms with van der Waals surface area (Å²) in [4.78, 5) is 4.31. The minimum atomic E-state index is -3.60. The Morgan fingerprint density at radius 1 is 1.05 bits per heavy atom. The molecule has 0 aliphatic rings. The molecule has 5 heteroatoms. The van der Waals surface area contributed by atoms with Crippen molar-refractivity contribution in [2.45, 2.75) is 18.2 Å². The topological polar surface area (TPSA) is 59.1 Å². The SMILES string of the molecule is CCc1ccc(S(=O)(=O)Nc2cccc3cnccc23)cc1. The van der Waals surface area contributed by atoms with Gasteiger partial charge < -0.3 is 0 Å². The van der Waals surface area contributed by atoms with Crippen LogP contribution >= 0.6 is 0 Å². The predicted octanol–water partition coefficient (Wildman–Crippen LogP) is 3.60. The number of fused-ring (bicyclic) bond motifs is 1. The average molecular weight is 312 g/mol. The van der Waals surface area contributed by atoms with E-state index in [0.717, 1.165) is 22.8 Å². The standard InChI is InChI=1S/C17H16N2O2S/c1-2-13-6-8-15(9-7-13)22(20,21)19-17-5-3-4-14-12-18-11-10-16(14)17/h3-12,19H,2H2,1H3. The van der Waals surface area contributed by atoms with E-state index in [0.29, 0.717) is 5.69 Å². The van der Waals surface area contributed by atoms with Crippen LogP contribution in [0.3, 0.4) is 0 Å². The van der Waals surface area contributed by atoms with Crippen LogP contribution < -0.4 is 4.72 Å². The van der Waals surface area contributed by atoms with Crippen molar-refractivity contribution in [2.75, 3.05) is 4.72 Å². The van der Waals surface area contributed by atoms with Crippen LogP contribution in [0.2, 0.25) is 0 Å². The molecule has 0 fully saturated rings. The van der Waals surface area contributed by atoms with Gasteiger partial charge in [0, 0.05) is 23.2 Å². The maximum atomic E-state index is 12.5. The number of nitrogens with zero attached hydrogens (tertiary/aromatic N) is 1. The number of benzene rings is 2. The second kappa shape index (κ2) is 5.77. The van der Waals surface area contributed by atoms with Crippen molar-refractivity contribution in [3.05, 3.63) is 66.5 Å². The molecule has 0 bridgehead atoms. The van der Waals surface area contributed by atoms with Gasteiger partial charge in [0.15, 0.2) is 0 Å². The Balaban J connectivity index is 1.99. The molecule has 0 amide bonds. The molecule has 0 spiro atoms. The fourth-order valence-electron chi connectivity index (χ4n) is 2.32. The minimum absolute atomic E-state index is 0.260. The summed E-state index contributed by atoms with van der Waals surface area (Å²) in [6.45, 7) is 2.03. The highest BCUT2D eigenvalue weighted by Gasteiger charge is 2.15. The fraction of sp³-hybridized carbons (Fsp3) is 0.118. The van der Waals surface area contributed by atoms with Crippen molar-refractivity contribution in [3.8, 4) is 0 Å². The van der Waals surface area contributed by atoms with Crippen LogP contribution in [0.4, 0.5) is 5.69 Å². The normalized spacial score (nSPS) is 11.5. The lowest BCUT2D eigenvalue weighted by molar-refractivity contribution is 0.601. The summed E-state index contributed by atoms with van der Waals surface area (Å²) < 4.78 is 27.7. The summed E-state index contributed by atoms with van der Waals surface area (Å²) in [5, 5.41) is 1.72. The summed E-state index contributed by atoms with van der Waals surface area (Å²) in [5.74, 6) is 0. The molecule has 3 rings (SSSR count). The first-order chi connectivity index (χ1) is 10.6. The van der Waals surface area contributed by atoms with Crippen molar-refractivity contribution in [1.29, 1.82) is 0 Å². The van der Waals surface area contributed by atoms with E-state index in [2.05, 4.69) is 9.71 Å². The van der Waals surface area contributed by atoms with E-state index in [-0.39, 0.29) is 4.90 Å². The van der Waals surface area contributed by atoms with Crippen molar-refractivity contribution >= 4 is 26.5 Å². The van der Waals surface area contributed by atoms with Gasteiger partial charge in [-0.05, 0) is 36.2 Å². The molecule has 0 aliphatic heterocycles. The average Bonchev–Trinajstić information content (AvgIpc) is 2.55. The lowest BCUT2D eigenvalue weighted by Crippen LogP contribution is -2.13. The molecule has 4 nitrogen and oxygen atoms in total. The second-order valence-electron chi connectivity index (χ2n) is 5.01. The van der Waals surface area contributed by atoms with Crippen LogP contribution in [0.25, 0.3) is 10.8 Å². The second-order valence-corrected chi connectivity index (χ2v) is 6.69. The number of hydrogen-bond acceptors (Lipinski definition) is 3. The predicted molar refractivity (Wildman–Crippen MR) is 88.4 cm³/mol. The molecule has 22 heavy (non-hydrogen) atoms. The number of nitrogens with one attached hydrogen (secondary N) is 1. The van der Waals surface area contributed by atoms with Crippen molar-refractivity contribution < 1.29 is 8.42 Å². The van der Waals surface area contributed by atoms with Crippen LogP contribution in [-0.4, -0.2) is 13.4 Å². The molecular formula is C17H16N2O2S. The maximum absolute atomic E-state index is 12.5. The Morgan fingerprint density at radius 2 is 1.82 bits per heavy atom. The number of sulfonamides is 1. The molecule has 1 N–H and O–H groups in total. The van der Waals surface area contributed by atoms with E-state index in [1.165, 1.54) is 0 Å². The van der Waals surface area contributed by atoms with Gasteiger partial charge in [0.05, 0.1) is 10.6 Å². The molecule has 1 aromatic heterocycles. The van der Waals surface area contributed by atoms with Gasteiger partial charge in [0.25, 0.3) is 10.0 Å². The Morgan fingerprint density at radius 3 is 2.55 bits per heavy atom. The molecule has 1 heterocycles. The van der Waals surface area contributed by atoms with Gasteiger partial charge in [-0.1, -0.05) is 31.2 Å². The minimum Gasteiger partial charge on any atom is -0.279 e. The highest BCUT2D eigenvalue weighted by Crippen LogP contribution is 2.25. The third-order valence-corrected chi connectivity index (χ3v) is 4.95. The van der Waals surface area contributed by atoms with Crippen LogP contribution in [0.15, 0.2) is 65.8 Å². The smallest absolute Gasteiger partial charge is 0.261 e. The van der Waals surface area contributed by atoms with Gasteiger partial charge >= 0.3 is 0 Å². The summed E-state index contributed by atoms with van der Waals surface area (Å²) in [7, 11) is -3.60. The van der Waals surface area contributed by atoms with Gasteiger partial charge in [-0.3, -0.25) is 9.71 Å². The van der Waals surface area contributed by atoms with E-state index in [9.17, 15) is 8.42 Å². The zero-order valence-electron chi connectivity index (χ0n) is 12.2. The van der Waals surface area contributed by atoms with E-state index in [4.69, 9.17) is 0 Å². The summed E-state index contributed by atoms with van der Waals surface area (Å²) in [6.07, 6.45) is 4.24. The van der Waals surface area contributed by atoms with Gasteiger partial charge in [0.2, 0.25) is 0 Å². The molecule has 0 aliphatic carbocycles. The van der Waals surface area contributed by atoms with Crippen molar-refractivity contribution in [1.82, 2.24) is 4.98 Å². The molecular weight excluding hydrogens is 296 g/mol.